The molecule has 0 bridgehead atoms. The number of benzene rings is 2. The zero-order valence-electron chi connectivity index (χ0n) is 22.8. The van der Waals surface area contributed by atoms with Crippen molar-refractivity contribution < 1.29 is 55.6 Å². The summed E-state index contributed by atoms with van der Waals surface area (Å²) in [6.07, 6.45) is -9.70. The summed E-state index contributed by atoms with van der Waals surface area (Å²) in [5.74, 6) is -1.68. The second-order valence-corrected chi connectivity index (χ2v) is 10.9. The molecule has 2 aromatic rings. The Morgan fingerprint density at radius 3 is 1.27 bits per heavy atom. The number of alkyl halides is 6. The van der Waals surface area contributed by atoms with Gasteiger partial charge < -0.3 is 19.7 Å². The van der Waals surface area contributed by atoms with Crippen molar-refractivity contribution in [3.8, 4) is 11.5 Å². The number of aliphatic hydroxyl groups is 2. The Labute approximate surface area is 227 Å². The third-order valence-corrected chi connectivity index (χ3v) is 7.02. The number of hydrogen-bond donors (Lipinski definition) is 2. The molecular formula is C28H32F6O6. The lowest BCUT2D eigenvalue weighted by molar-refractivity contribution is -0.259. The second-order valence-electron chi connectivity index (χ2n) is 10.9. The van der Waals surface area contributed by atoms with Crippen LogP contribution in [0.1, 0.15) is 65.5 Å². The molecule has 0 aromatic heterocycles. The van der Waals surface area contributed by atoms with Gasteiger partial charge in [-0.1, -0.05) is 31.2 Å². The first kappa shape index (κ1) is 33.1. The Bertz CT molecular complexity index is 1200. The van der Waals surface area contributed by atoms with Crippen molar-refractivity contribution in [3.05, 3.63) is 59.7 Å². The predicted octanol–water partition coefficient (Wildman–Crippen LogP) is 6.57. The summed E-state index contributed by atoms with van der Waals surface area (Å²) in [6, 6.07) is 8.38. The lowest BCUT2D eigenvalue weighted by Gasteiger charge is -2.33. The van der Waals surface area contributed by atoms with Crippen molar-refractivity contribution in [2.45, 2.75) is 77.9 Å². The average Bonchev–Trinajstić information content (AvgIpc) is 2.83. The third-order valence-electron chi connectivity index (χ3n) is 7.02. The Morgan fingerprint density at radius 2 is 0.975 bits per heavy atom. The average molecular weight is 579 g/mol. The lowest BCUT2D eigenvalue weighted by atomic mass is 9.72. The van der Waals surface area contributed by atoms with Crippen LogP contribution in [-0.4, -0.2) is 34.5 Å². The molecule has 40 heavy (non-hydrogen) atoms. The van der Waals surface area contributed by atoms with E-state index in [0.29, 0.717) is 13.8 Å². The molecule has 3 atom stereocenters. The maximum atomic E-state index is 13.1. The molecule has 0 radical (unpaired) electrons. The summed E-state index contributed by atoms with van der Waals surface area (Å²) in [5.41, 5.74) is -9.63. The van der Waals surface area contributed by atoms with Gasteiger partial charge in [0.2, 0.25) is 0 Å². The molecule has 0 spiro atoms. The van der Waals surface area contributed by atoms with Crippen molar-refractivity contribution in [2.24, 2.45) is 10.8 Å². The van der Waals surface area contributed by atoms with Gasteiger partial charge in [0.1, 0.15) is 11.5 Å². The first-order valence-corrected chi connectivity index (χ1v) is 12.2. The topological polar surface area (TPSA) is 93.1 Å². The number of halogens is 6. The highest BCUT2D eigenvalue weighted by atomic mass is 19.4. The predicted molar refractivity (Wildman–Crippen MR) is 132 cm³/mol. The van der Waals surface area contributed by atoms with Crippen LogP contribution in [0.15, 0.2) is 48.5 Å². The maximum Gasteiger partial charge on any atom is 0.421 e. The van der Waals surface area contributed by atoms with Crippen LogP contribution in [0, 0.1) is 10.8 Å². The normalized spacial score (nSPS) is 17.2. The summed E-state index contributed by atoms with van der Waals surface area (Å²) in [7, 11) is 0. The van der Waals surface area contributed by atoms with Gasteiger partial charge in [-0.3, -0.25) is 9.59 Å². The molecule has 2 aromatic carbocycles. The Kier molecular flexibility index (Phi) is 9.13. The molecule has 0 heterocycles. The second kappa shape index (κ2) is 11.0. The fourth-order valence-electron chi connectivity index (χ4n) is 3.89. The summed E-state index contributed by atoms with van der Waals surface area (Å²) >= 11 is 0. The SMILES string of the molecule is CCC(C)(CC(C)(C)C(=O)Oc1ccc(C(C)(O)C(F)(F)F)cc1)C(=O)Oc1ccc(C(C)(O)C(F)(F)F)cc1. The smallest absolute Gasteiger partial charge is 0.421 e. The number of rotatable bonds is 9. The van der Waals surface area contributed by atoms with E-state index in [0.717, 1.165) is 48.5 Å². The molecule has 12 heteroatoms. The van der Waals surface area contributed by atoms with E-state index in [4.69, 9.17) is 9.47 Å². The molecule has 3 unspecified atom stereocenters. The molecule has 0 fully saturated rings. The van der Waals surface area contributed by atoms with Gasteiger partial charge in [0.05, 0.1) is 10.8 Å². The van der Waals surface area contributed by atoms with E-state index in [1.807, 2.05) is 0 Å². The van der Waals surface area contributed by atoms with E-state index in [1.54, 1.807) is 13.8 Å². The van der Waals surface area contributed by atoms with Crippen LogP contribution in [-0.2, 0) is 20.8 Å². The standard InChI is InChI=1S/C28H32F6O6/c1-7-24(4,22(36)40-20-14-10-18(11-15-20)26(6,38)28(32,33)34)16-23(2,3)21(35)39-19-12-8-17(9-13-19)25(5,37)27(29,30)31/h8-15,37-38H,7,16H2,1-6H3. The quantitative estimate of drug-likeness (QED) is 0.199. The van der Waals surface area contributed by atoms with Gasteiger partial charge in [0.25, 0.3) is 0 Å². The van der Waals surface area contributed by atoms with Crippen LogP contribution < -0.4 is 9.47 Å². The van der Waals surface area contributed by atoms with Crippen LogP contribution in [0.4, 0.5) is 26.3 Å². The van der Waals surface area contributed by atoms with Crippen molar-refractivity contribution in [2.75, 3.05) is 0 Å². The molecular weight excluding hydrogens is 546 g/mol. The molecule has 0 aliphatic carbocycles. The van der Waals surface area contributed by atoms with E-state index in [-0.39, 0.29) is 24.3 Å². The Balaban J connectivity index is 2.14. The number of esters is 2. The Morgan fingerprint density at radius 1 is 0.650 bits per heavy atom. The van der Waals surface area contributed by atoms with Crippen LogP contribution in [0.2, 0.25) is 0 Å². The maximum absolute atomic E-state index is 13.1. The van der Waals surface area contributed by atoms with Gasteiger partial charge in [-0.25, -0.2) is 0 Å². The minimum Gasteiger partial charge on any atom is -0.426 e. The zero-order valence-corrected chi connectivity index (χ0v) is 22.8. The molecule has 6 nitrogen and oxygen atoms in total. The number of carbonyl (C=O) groups is 2. The van der Waals surface area contributed by atoms with E-state index in [1.165, 1.54) is 13.8 Å². The van der Waals surface area contributed by atoms with Crippen molar-refractivity contribution in [1.82, 2.24) is 0 Å². The summed E-state index contributed by atoms with van der Waals surface area (Å²) in [6.45, 7) is 7.44. The van der Waals surface area contributed by atoms with Gasteiger partial charge in [-0.05, 0) is 82.9 Å². The van der Waals surface area contributed by atoms with Gasteiger partial charge >= 0.3 is 24.3 Å². The van der Waals surface area contributed by atoms with Gasteiger partial charge in [-0.15, -0.1) is 0 Å². The largest absolute Gasteiger partial charge is 0.426 e. The monoisotopic (exact) mass is 578 g/mol. The number of carbonyl (C=O) groups excluding carboxylic acids is 2. The highest BCUT2D eigenvalue weighted by Gasteiger charge is 2.52. The van der Waals surface area contributed by atoms with Crippen molar-refractivity contribution in [1.29, 1.82) is 0 Å². The summed E-state index contributed by atoms with van der Waals surface area (Å²) < 4.78 is 89.1. The van der Waals surface area contributed by atoms with Crippen molar-refractivity contribution >= 4 is 11.9 Å². The summed E-state index contributed by atoms with van der Waals surface area (Å²) in [5, 5.41) is 19.6. The molecule has 0 aliphatic heterocycles. The molecule has 2 rings (SSSR count). The molecule has 2 N–H and O–H groups in total. The number of ether oxygens (including phenoxy) is 2. The molecule has 0 aliphatic rings. The van der Waals surface area contributed by atoms with Gasteiger partial charge in [0, 0.05) is 0 Å². The van der Waals surface area contributed by atoms with Crippen molar-refractivity contribution in [3.63, 3.8) is 0 Å². The summed E-state index contributed by atoms with van der Waals surface area (Å²) in [4.78, 5) is 26.0. The molecule has 0 amide bonds. The fourth-order valence-corrected chi connectivity index (χ4v) is 3.89. The van der Waals surface area contributed by atoms with E-state index in [9.17, 15) is 46.1 Å². The number of hydrogen-bond acceptors (Lipinski definition) is 6. The first-order chi connectivity index (χ1) is 18.0. The van der Waals surface area contributed by atoms with Crippen LogP contribution in [0.25, 0.3) is 0 Å². The highest BCUT2D eigenvalue weighted by Crippen LogP contribution is 2.42. The molecule has 222 valence electrons. The van der Waals surface area contributed by atoms with E-state index >= 15 is 0 Å². The lowest BCUT2D eigenvalue weighted by Crippen LogP contribution is -2.40. The van der Waals surface area contributed by atoms with Gasteiger partial charge in [0.15, 0.2) is 11.2 Å². The highest BCUT2D eigenvalue weighted by molar-refractivity contribution is 5.82. The molecule has 0 saturated carbocycles. The molecule has 0 saturated heterocycles. The Hall–Kier alpha value is -3.12. The van der Waals surface area contributed by atoms with Crippen LogP contribution >= 0.6 is 0 Å². The van der Waals surface area contributed by atoms with Crippen LogP contribution in [0.3, 0.4) is 0 Å². The van der Waals surface area contributed by atoms with Crippen LogP contribution in [0.5, 0.6) is 11.5 Å². The first-order valence-electron chi connectivity index (χ1n) is 12.2. The van der Waals surface area contributed by atoms with E-state index in [2.05, 4.69) is 0 Å². The minimum atomic E-state index is -4.92. The van der Waals surface area contributed by atoms with Gasteiger partial charge in [-0.2, -0.15) is 26.3 Å². The fraction of sp³-hybridized carbons (Fsp3) is 0.500. The van der Waals surface area contributed by atoms with E-state index < -0.39 is 57.5 Å². The third kappa shape index (κ3) is 6.95. The minimum absolute atomic E-state index is 0.0680. The zero-order chi connectivity index (χ0) is 30.9.